The molecule has 1 saturated heterocycles. The first-order valence-electron chi connectivity index (χ1n) is 7.75. The van der Waals surface area contributed by atoms with Gasteiger partial charge in [0.05, 0.1) is 6.61 Å². The van der Waals surface area contributed by atoms with E-state index in [1.54, 1.807) is 0 Å². The average Bonchev–Trinajstić information content (AvgIpc) is 2.44. The van der Waals surface area contributed by atoms with Gasteiger partial charge in [0.25, 0.3) is 0 Å². The van der Waals surface area contributed by atoms with E-state index in [0.717, 1.165) is 39.1 Å². The van der Waals surface area contributed by atoms with Gasteiger partial charge in [0.15, 0.2) is 0 Å². The Bertz CT molecular complexity index is 232. The van der Waals surface area contributed by atoms with Crippen molar-refractivity contribution in [3.05, 3.63) is 0 Å². The molecule has 114 valence electrons. The molecule has 0 aromatic carbocycles. The summed E-state index contributed by atoms with van der Waals surface area (Å²) in [6.07, 6.45) is 5.75. The van der Waals surface area contributed by atoms with E-state index in [1.165, 1.54) is 19.3 Å². The molecule has 19 heavy (non-hydrogen) atoms. The minimum atomic E-state index is -0.105. The van der Waals surface area contributed by atoms with Crippen molar-refractivity contribution in [3.63, 3.8) is 0 Å². The summed E-state index contributed by atoms with van der Waals surface area (Å²) in [5.41, 5.74) is -0.105. The van der Waals surface area contributed by atoms with Crippen LogP contribution in [0.2, 0.25) is 0 Å². The van der Waals surface area contributed by atoms with Crippen LogP contribution in [0.4, 0.5) is 0 Å². The number of nitrogens with zero attached hydrogens (tertiary/aromatic N) is 1. The highest BCUT2D eigenvalue weighted by Crippen LogP contribution is 2.16. The Balaban J connectivity index is 2.15. The van der Waals surface area contributed by atoms with Crippen molar-refractivity contribution >= 4 is 0 Å². The van der Waals surface area contributed by atoms with Crippen molar-refractivity contribution in [3.8, 4) is 0 Å². The fraction of sp³-hybridized carbons (Fsp3) is 1.00. The molecule has 4 nitrogen and oxygen atoms in total. The summed E-state index contributed by atoms with van der Waals surface area (Å²) in [6, 6.07) is 0.701. The molecule has 0 aromatic rings. The highest BCUT2D eigenvalue weighted by Gasteiger charge is 2.22. The number of likely N-dealkylation sites (N-methyl/N-ethyl adjacent to an activating group) is 1. The number of rotatable bonds is 9. The number of hydrogen-bond donors (Lipinski definition) is 2. The van der Waals surface area contributed by atoms with Gasteiger partial charge in [-0.15, -0.1) is 0 Å². The first-order valence-corrected chi connectivity index (χ1v) is 7.75. The maximum Gasteiger partial charge on any atom is 0.0610 e. The fourth-order valence-electron chi connectivity index (χ4n) is 2.83. The van der Waals surface area contributed by atoms with Gasteiger partial charge in [-0.05, 0) is 52.7 Å². The lowest BCUT2D eigenvalue weighted by Gasteiger charge is -2.32. The molecule has 1 aliphatic rings. The monoisotopic (exact) mass is 272 g/mol. The number of unbranched alkanes of at least 4 members (excludes halogenated alkanes) is 1. The van der Waals surface area contributed by atoms with Crippen molar-refractivity contribution in [1.29, 1.82) is 0 Å². The van der Waals surface area contributed by atoms with Gasteiger partial charge in [0.1, 0.15) is 0 Å². The Morgan fingerprint density at radius 2 is 2.00 bits per heavy atom. The van der Waals surface area contributed by atoms with Gasteiger partial charge in [-0.25, -0.2) is 0 Å². The van der Waals surface area contributed by atoms with Gasteiger partial charge in [-0.2, -0.15) is 0 Å². The van der Waals surface area contributed by atoms with Crippen molar-refractivity contribution in [2.24, 2.45) is 0 Å². The fourth-order valence-corrected chi connectivity index (χ4v) is 2.83. The third-order valence-corrected chi connectivity index (χ3v) is 4.26. The molecule has 0 amide bonds. The molecule has 1 unspecified atom stereocenters. The highest BCUT2D eigenvalue weighted by molar-refractivity contribution is 4.81. The number of aliphatic hydroxyl groups is 1. The summed E-state index contributed by atoms with van der Waals surface area (Å²) in [4.78, 5) is 2.48. The molecule has 0 saturated carbocycles. The lowest BCUT2D eigenvalue weighted by Crippen LogP contribution is -2.45. The van der Waals surface area contributed by atoms with Crippen molar-refractivity contribution in [2.45, 2.75) is 57.5 Å². The van der Waals surface area contributed by atoms with E-state index >= 15 is 0 Å². The smallest absolute Gasteiger partial charge is 0.0610 e. The van der Waals surface area contributed by atoms with Crippen LogP contribution < -0.4 is 5.32 Å². The standard InChI is InChI=1S/C15H32N2O2/c1-4-16-15(2,13-18)9-5-6-10-17(3)14-7-11-19-12-8-14/h14,16,18H,4-13H2,1-3H3. The van der Waals surface area contributed by atoms with Crippen LogP contribution in [-0.4, -0.2) is 61.5 Å². The van der Waals surface area contributed by atoms with Crippen LogP contribution in [0, 0.1) is 0 Å². The third kappa shape index (κ3) is 6.21. The molecule has 0 aliphatic carbocycles. The van der Waals surface area contributed by atoms with Crippen LogP contribution in [0.25, 0.3) is 0 Å². The predicted molar refractivity (Wildman–Crippen MR) is 79.5 cm³/mol. The lowest BCUT2D eigenvalue weighted by atomic mass is 9.95. The van der Waals surface area contributed by atoms with Gasteiger partial charge < -0.3 is 20.1 Å². The van der Waals surface area contributed by atoms with Crippen LogP contribution >= 0.6 is 0 Å². The Kier molecular flexibility index (Phi) is 7.91. The zero-order valence-corrected chi connectivity index (χ0v) is 13.0. The summed E-state index contributed by atoms with van der Waals surface area (Å²) in [5, 5.41) is 12.8. The molecule has 1 fully saturated rings. The zero-order chi connectivity index (χ0) is 14.1. The van der Waals surface area contributed by atoms with Gasteiger partial charge in [0, 0.05) is 24.8 Å². The summed E-state index contributed by atoms with van der Waals surface area (Å²) in [7, 11) is 2.23. The molecular formula is C15H32N2O2. The van der Waals surface area contributed by atoms with E-state index in [-0.39, 0.29) is 12.1 Å². The zero-order valence-electron chi connectivity index (χ0n) is 13.0. The number of ether oxygens (including phenoxy) is 1. The molecule has 0 radical (unpaired) electrons. The number of aliphatic hydroxyl groups excluding tert-OH is 1. The van der Waals surface area contributed by atoms with Crippen molar-refractivity contribution in [1.82, 2.24) is 10.2 Å². The van der Waals surface area contributed by atoms with E-state index in [0.29, 0.717) is 6.04 Å². The maximum absolute atomic E-state index is 9.44. The van der Waals surface area contributed by atoms with Gasteiger partial charge in [-0.1, -0.05) is 13.3 Å². The summed E-state index contributed by atoms with van der Waals surface area (Å²) in [5.74, 6) is 0. The molecule has 4 heteroatoms. The van der Waals surface area contributed by atoms with E-state index in [2.05, 4.69) is 31.1 Å². The topological polar surface area (TPSA) is 44.7 Å². The number of hydrogen-bond acceptors (Lipinski definition) is 4. The Hall–Kier alpha value is -0.160. The molecule has 0 aromatic heterocycles. The SMILES string of the molecule is CCNC(C)(CO)CCCCN(C)C1CCOCC1. The molecule has 1 aliphatic heterocycles. The third-order valence-electron chi connectivity index (χ3n) is 4.26. The van der Waals surface area contributed by atoms with Crippen LogP contribution in [0.15, 0.2) is 0 Å². The largest absolute Gasteiger partial charge is 0.394 e. The van der Waals surface area contributed by atoms with Crippen LogP contribution in [0.1, 0.15) is 46.0 Å². The second kappa shape index (κ2) is 8.90. The van der Waals surface area contributed by atoms with Gasteiger partial charge >= 0.3 is 0 Å². The number of nitrogens with one attached hydrogen (secondary N) is 1. The van der Waals surface area contributed by atoms with Crippen LogP contribution in [0.5, 0.6) is 0 Å². The minimum Gasteiger partial charge on any atom is -0.394 e. The maximum atomic E-state index is 9.44. The second-order valence-electron chi connectivity index (χ2n) is 6.03. The summed E-state index contributed by atoms with van der Waals surface area (Å²) < 4.78 is 5.40. The lowest BCUT2D eigenvalue weighted by molar-refractivity contribution is 0.0423. The van der Waals surface area contributed by atoms with Gasteiger partial charge in [-0.3, -0.25) is 0 Å². The normalized spacial score (nSPS) is 20.7. The first-order chi connectivity index (χ1) is 9.11. The van der Waals surface area contributed by atoms with E-state index < -0.39 is 0 Å². The predicted octanol–water partition coefficient (Wildman–Crippen LogP) is 1.63. The van der Waals surface area contributed by atoms with E-state index in [1.807, 2.05) is 0 Å². The molecule has 1 rings (SSSR count). The van der Waals surface area contributed by atoms with Gasteiger partial charge in [0.2, 0.25) is 0 Å². The molecule has 2 N–H and O–H groups in total. The van der Waals surface area contributed by atoms with E-state index in [4.69, 9.17) is 4.74 Å². The molecule has 1 heterocycles. The Morgan fingerprint density at radius 3 is 2.58 bits per heavy atom. The Morgan fingerprint density at radius 1 is 1.32 bits per heavy atom. The van der Waals surface area contributed by atoms with E-state index in [9.17, 15) is 5.11 Å². The first kappa shape index (κ1) is 16.9. The minimum absolute atomic E-state index is 0.105. The molecule has 0 spiro atoms. The van der Waals surface area contributed by atoms with Crippen LogP contribution in [0.3, 0.4) is 0 Å². The highest BCUT2D eigenvalue weighted by atomic mass is 16.5. The molecular weight excluding hydrogens is 240 g/mol. The van der Waals surface area contributed by atoms with Crippen molar-refractivity contribution in [2.75, 3.05) is 40.0 Å². The quantitative estimate of drug-likeness (QED) is 0.626. The Labute approximate surface area is 118 Å². The molecule has 0 bridgehead atoms. The van der Waals surface area contributed by atoms with Crippen LogP contribution in [-0.2, 0) is 4.74 Å². The second-order valence-corrected chi connectivity index (χ2v) is 6.03. The summed E-state index contributed by atoms with van der Waals surface area (Å²) >= 11 is 0. The average molecular weight is 272 g/mol. The molecule has 1 atom stereocenters. The van der Waals surface area contributed by atoms with Crippen molar-refractivity contribution < 1.29 is 9.84 Å². The summed E-state index contributed by atoms with van der Waals surface area (Å²) in [6.45, 7) is 8.32.